The topological polar surface area (TPSA) is 124 Å². The average Bonchev–Trinajstić information content (AvgIpc) is 3.43. The van der Waals surface area contributed by atoms with Gasteiger partial charge in [-0.1, -0.05) is 0 Å². The average molecular weight is 532 g/mol. The molecule has 0 unspecified atom stereocenters. The molecule has 10 nitrogen and oxygen atoms in total. The second-order valence-corrected chi connectivity index (χ2v) is 17.0. The van der Waals surface area contributed by atoms with Crippen LogP contribution in [0.25, 0.3) is 11.3 Å². The van der Waals surface area contributed by atoms with Crippen LogP contribution in [-0.4, -0.2) is 80.4 Å². The molecule has 37 heavy (non-hydrogen) atoms. The third kappa shape index (κ3) is 6.07. The molecule has 0 radical (unpaired) electrons. The van der Waals surface area contributed by atoms with Gasteiger partial charge in [-0.3, -0.25) is 0 Å². The van der Waals surface area contributed by atoms with Crippen LogP contribution in [0.1, 0.15) is 57.3 Å². The summed E-state index contributed by atoms with van der Waals surface area (Å²) in [5.41, 5.74) is 8.49. The van der Waals surface area contributed by atoms with Crippen molar-refractivity contribution in [3.63, 3.8) is 0 Å². The Kier molecular flexibility index (Phi) is 7.29. The van der Waals surface area contributed by atoms with E-state index < -0.39 is 15.6 Å². The van der Waals surface area contributed by atoms with Crippen molar-refractivity contribution < 1.29 is 14.3 Å². The van der Waals surface area contributed by atoms with E-state index in [-0.39, 0.29) is 17.6 Å². The Labute approximate surface area is 221 Å². The van der Waals surface area contributed by atoms with Crippen LogP contribution in [0.4, 0.5) is 10.6 Å². The van der Waals surface area contributed by atoms with Gasteiger partial charge in [0, 0.05) is 30.6 Å². The van der Waals surface area contributed by atoms with Gasteiger partial charge in [0.2, 0.25) is 0 Å². The quantitative estimate of drug-likeness (QED) is 0.533. The number of aromatic nitrogens is 4. The highest BCUT2D eigenvalue weighted by Crippen LogP contribution is 2.55. The minimum absolute atomic E-state index is 0.0554. The number of nitrogens with two attached hydrogens (primary N) is 1. The van der Waals surface area contributed by atoms with Crippen molar-refractivity contribution in [2.75, 3.05) is 50.0 Å². The summed E-state index contributed by atoms with van der Waals surface area (Å²) < 4.78 is 14.9. The maximum atomic E-state index is 12.5. The predicted octanol–water partition coefficient (Wildman–Crippen LogP) is 4.14. The van der Waals surface area contributed by atoms with Crippen molar-refractivity contribution >= 4 is 21.9 Å². The summed E-state index contributed by atoms with van der Waals surface area (Å²) in [5.74, 6) is 1.42. The van der Waals surface area contributed by atoms with Crippen LogP contribution in [0.3, 0.4) is 0 Å². The fourth-order valence-electron chi connectivity index (χ4n) is 5.17. The van der Waals surface area contributed by atoms with Gasteiger partial charge in [-0.2, -0.15) is 15.5 Å². The van der Waals surface area contributed by atoms with Gasteiger partial charge in [-0.05, 0) is 71.1 Å². The van der Waals surface area contributed by atoms with Crippen molar-refractivity contribution in [1.29, 1.82) is 5.26 Å². The van der Waals surface area contributed by atoms with Gasteiger partial charge in [-0.15, -0.1) is 0 Å². The Morgan fingerprint density at radius 2 is 2.00 bits per heavy atom. The number of amides is 1. The zero-order chi connectivity index (χ0) is 27.2. The standard InChI is InChI=1S/C26H41N7O3S/c1-18-21(15-32(29-18)17-35-10-11-37(5,6)7)22-20(14-27)23(28)33(30-22)19-12-26(13-19)8-9-31(16-26)24(34)36-25(2,3)4/h15,19H,8-13,16-17,28H2,1-7H3. The lowest BCUT2D eigenvalue weighted by molar-refractivity contribution is 0.0188. The molecule has 0 atom stereocenters. The van der Waals surface area contributed by atoms with Gasteiger partial charge >= 0.3 is 6.09 Å². The number of likely N-dealkylation sites (tertiary alicyclic amines) is 1. The van der Waals surface area contributed by atoms with Gasteiger partial charge in [0.25, 0.3) is 0 Å². The monoisotopic (exact) mass is 531 g/mol. The molecule has 2 fully saturated rings. The number of nitrogen functional groups attached to an aromatic ring is 1. The van der Waals surface area contributed by atoms with Crippen molar-refractivity contribution in [3.05, 3.63) is 17.5 Å². The largest absolute Gasteiger partial charge is 0.444 e. The molecular weight excluding hydrogens is 490 g/mol. The normalized spacial score (nSPS) is 22.2. The maximum Gasteiger partial charge on any atom is 0.410 e. The smallest absolute Gasteiger partial charge is 0.410 e. The van der Waals surface area contributed by atoms with Crippen molar-refractivity contribution in [2.45, 2.75) is 65.3 Å². The van der Waals surface area contributed by atoms with Gasteiger partial charge in [0.1, 0.15) is 35.5 Å². The molecule has 4 rings (SSSR count). The summed E-state index contributed by atoms with van der Waals surface area (Å²) in [5, 5.41) is 19.3. The highest BCUT2D eigenvalue weighted by atomic mass is 32.3. The molecule has 0 bridgehead atoms. The van der Waals surface area contributed by atoms with Crippen molar-refractivity contribution in [3.8, 4) is 17.3 Å². The van der Waals surface area contributed by atoms with E-state index in [0.717, 1.165) is 36.3 Å². The Morgan fingerprint density at radius 3 is 2.62 bits per heavy atom. The number of nitriles is 1. The lowest BCUT2D eigenvalue weighted by Crippen LogP contribution is -2.43. The third-order valence-corrected chi connectivity index (χ3v) is 8.49. The third-order valence-electron chi connectivity index (χ3n) is 7.10. The molecule has 1 aliphatic heterocycles. The lowest BCUT2D eigenvalue weighted by atomic mass is 9.65. The van der Waals surface area contributed by atoms with Crippen LogP contribution in [0.5, 0.6) is 0 Å². The molecule has 1 saturated carbocycles. The molecule has 1 saturated heterocycles. The Balaban J connectivity index is 1.43. The zero-order valence-electron chi connectivity index (χ0n) is 23.2. The molecule has 2 N–H and O–H groups in total. The van der Waals surface area contributed by atoms with E-state index in [1.54, 1.807) is 9.36 Å². The van der Waals surface area contributed by atoms with Crippen LogP contribution in [0.15, 0.2) is 6.20 Å². The summed E-state index contributed by atoms with van der Waals surface area (Å²) >= 11 is 0. The maximum absolute atomic E-state index is 12.5. The molecule has 3 heterocycles. The minimum atomic E-state index is -0.607. The first-order valence-corrected chi connectivity index (χ1v) is 15.8. The van der Waals surface area contributed by atoms with Crippen LogP contribution in [0, 0.1) is 23.7 Å². The van der Waals surface area contributed by atoms with E-state index >= 15 is 0 Å². The van der Waals surface area contributed by atoms with E-state index in [1.807, 2.05) is 38.8 Å². The minimum Gasteiger partial charge on any atom is -0.444 e. The molecule has 1 spiro atoms. The predicted molar refractivity (Wildman–Crippen MR) is 147 cm³/mol. The number of ether oxygens (including phenoxy) is 2. The van der Waals surface area contributed by atoms with Crippen molar-refractivity contribution in [2.24, 2.45) is 5.41 Å². The number of carbonyl (C=O) groups excluding carboxylic acids is 1. The molecule has 1 aliphatic carbocycles. The number of carbonyl (C=O) groups is 1. The lowest BCUT2D eigenvalue weighted by Gasteiger charge is -2.45. The number of hydrogen-bond donors (Lipinski definition) is 1. The molecule has 2 aliphatic rings. The second kappa shape index (κ2) is 9.87. The number of anilines is 1. The Morgan fingerprint density at radius 1 is 1.30 bits per heavy atom. The highest BCUT2D eigenvalue weighted by molar-refractivity contribution is 8.32. The Hall–Kier alpha value is -2.71. The van der Waals surface area contributed by atoms with Gasteiger partial charge < -0.3 is 20.1 Å². The first-order chi connectivity index (χ1) is 17.2. The summed E-state index contributed by atoms with van der Waals surface area (Å²) in [6.45, 7) is 9.97. The summed E-state index contributed by atoms with van der Waals surface area (Å²) in [6, 6.07) is 2.35. The molecule has 0 aromatic carbocycles. The molecule has 2 aromatic heterocycles. The number of nitrogens with zero attached hydrogens (tertiary/aromatic N) is 6. The molecular formula is C26H41N7O3S. The van der Waals surface area contributed by atoms with Crippen LogP contribution >= 0.6 is 10.0 Å². The SMILES string of the molecule is Cc1nn(COCCS(C)(C)C)cc1-c1nn(C2CC3(CCN(C(=O)OC(C)(C)C)C3)C2)c(N)c1C#N. The number of hydrogen-bond acceptors (Lipinski definition) is 7. The van der Waals surface area contributed by atoms with E-state index in [1.165, 1.54) is 0 Å². The van der Waals surface area contributed by atoms with Crippen LogP contribution in [-0.2, 0) is 16.2 Å². The zero-order valence-corrected chi connectivity index (χ0v) is 24.0. The summed E-state index contributed by atoms with van der Waals surface area (Å²) in [6.07, 6.45) is 11.1. The highest BCUT2D eigenvalue weighted by Gasteiger charge is 2.51. The number of aryl methyl sites for hydroxylation is 1. The molecule has 11 heteroatoms. The summed E-state index contributed by atoms with van der Waals surface area (Å²) in [4.78, 5) is 14.3. The Bertz CT molecular complexity index is 1190. The number of rotatable bonds is 7. The first kappa shape index (κ1) is 27.3. The fourth-order valence-corrected chi connectivity index (χ4v) is 5.79. The fraction of sp³-hybridized carbons (Fsp3) is 0.692. The molecule has 1 amide bonds. The van der Waals surface area contributed by atoms with E-state index in [2.05, 4.69) is 29.9 Å². The van der Waals surface area contributed by atoms with E-state index in [9.17, 15) is 10.1 Å². The molecule has 2 aromatic rings. The molecule has 204 valence electrons. The second-order valence-electron chi connectivity index (χ2n) is 12.4. The van der Waals surface area contributed by atoms with Gasteiger partial charge in [0.15, 0.2) is 0 Å². The van der Waals surface area contributed by atoms with Gasteiger partial charge in [0.05, 0.1) is 18.3 Å². The van der Waals surface area contributed by atoms with E-state index in [0.29, 0.717) is 43.5 Å². The van der Waals surface area contributed by atoms with E-state index in [4.69, 9.17) is 20.3 Å². The van der Waals surface area contributed by atoms with Crippen LogP contribution < -0.4 is 5.73 Å². The first-order valence-electron chi connectivity index (χ1n) is 12.7. The summed E-state index contributed by atoms with van der Waals surface area (Å²) in [7, 11) is -0.607. The van der Waals surface area contributed by atoms with Crippen molar-refractivity contribution in [1.82, 2.24) is 24.5 Å². The van der Waals surface area contributed by atoms with Crippen LogP contribution in [0.2, 0.25) is 0 Å². The van der Waals surface area contributed by atoms with Gasteiger partial charge in [-0.25, -0.2) is 24.2 Å².